The van der Waals surface area contributed by atoms with Crippen LogP contribution in [0, 0.1) is 18.8 Å². The average molecular weight is 275 g/mol. The molecule has 0 aliphatic carbocycles. The zero-order valence-electron chi connectivity index (χ0n) is 12.3. The number of aryl methyl sites for hydroxylation is 1. The predicted octanol–water partition coefficient (Wildman–Crippen LogP) is 4.01. The van der Waals surface area contributed by atoms with Gasteiger partial charge < -0.3 is 9.30 Å². The van der Waals surface area contributed by atoms with E-state index in [0.29, 0.717) is 6.54 Å². The van der Waals surface area contributed by atoms with Gasteiger partial charge in [0.15, 0.2) is 0 Å². The number of methoxy groups -OCH3 is 1. The van der Waals surface area contributed by atoms with Crippen LogP contribution in [0.25, 0.3) is 10.9 Å². The lowest BCUT2D eigenvalue weighted by molar-refractivity contribution is 0.415. The van der Waals surface area contributed by atoms with Gasteiger partial charge in [-0.05, 0) is 43.3 Å². The molecule has 1 heterocycles. The lowest BCUT2D eigenvalue weighted by Gasteiger charge is -2.02. The molecule has 2 nitrogen and oxygen atoms in total. The van der Waals surface area contributed by atoms with Gasteiger partial charge in [-0.15, -0.1) is 0 Å². The van der Waals surface area contributed by atoms with Crippen molar-refractivity contribution in [3.8, 4) is 17.6 Å². The summed E-state index contributed by atoms with van der Waals surface area (Å²) in [4.78, 5) is 0. The third-order valence-corrected chi connectivity index (χ3v) is 3.51. The van der Waals surface area contributed by atoms with E-state index in [9.17, 15) is 0 Å². The predicted molar refractivity (Wildman–Crippen MR) is 86.5 cm³/mol. The number of fused-ring (bicyclic) bond motifs is 1. The van der Waals surface area contributed by atoms with Crippen LogP contribution in [0.1, 0.15) is 11.1 Å². The Labute approximate surface area is 125 Å². The van der Waals surface area contributed by atoms with Gasteiger partial charge in [0.25, 0.3) is 0 Å². The van der Waals surface area contributed by atoms with Crippen molar-refractivity contribution < 1.29 is 4.74 Å². The molecule has 0 unspecified atom stereocenters. The van der Waals surface area contributed by atoms with Crippen LogP contribution in [0.15, 0.2) is 54.7 Å². The molecule has 3 aromatic rings. The first-order valence-corrected chi connectivity index (χ1v) is 6.95. The molecule has 0 amide bonds. The van der Waals surface area contributed by atoms with E-state index in [1.54, 1.807) is 7.11 Å². The first kappa shape index (κ1) is 13.3. The maximum atomic E-state index is 5.24. The molecule has 0 N–H and O–H groups in total. The molecule has 2 aromatic carbocycles. The van der Waals surface area contributed by atoms with Crippen molar-refractivity contribution in [3.05, 3.63) is 65.9 Å². The Bertz CT molecular complexity index is 816. The molecule has 0 atom stereocenters. The van der Waals surface area contributed by atoms with Crippen LogP contribution in [-0.2, 0) is 6.54 Å². The molecule has 0 saturated carbocycles. The zero-order valence-corrected chi connectivity index (χ0v) is 12.3. The minimum atomic E-state index is 0.684. The van der Waals surface area contributed by atoms with Crippen LogP contribution in [0.4, 0.5) is 0 Å². The van der Waals surface area contributed by atoms with Gasteiger partial charge >= 0.3 is 0 Å². The number of hydrogen-bond donors (Lipinski definition) is 0. The highest BCUT2D eigenvalue weighted by atomic mass is 16.5. The number of ether oxygens (including phenoxy) is 1. The van der Waals surface area contributed by atoms with E-state index >= 15 is 0 Å². The molecule has 0 fully saturated rings. The molecule has 1 aromatic heterocycles. The van der Waals surface area contributed by atoms with Gasteiger partial charge in [-0.1, -0.05) is 29.5 Å². The third-order valence-electron chi connectivity index (χ3n) is 3.51. The van der Waals surface area contributed by atoms with Crippen molar-refractivity contribution in [2.75, 3.05) is 7.11 Å². The zero-order chi connectivity index (χ0) is 14.7. The summed E-state index contributed by atoms with van der Waals surface area (Å²) in [6.45, 7) is 2.77. The first-order chi connectivity index (χ1) is 10.3. The summed E-state index contributed by atoms with van der Waals surface area (Å²) in [5.74, 6) is 7.31. The minimum absolute atomic E-state index is 0.684. The maximum Gasteiger partial charge on any atom is 0.119 e. The van der Waals surface area contributed by atoms with Crippen molar-refractivity contribution in [1.82, 2.24) is 4.57 Å². The summed E-state index contributed by atoms with van der Waals surface area (Å²) in [6.07, 6.45) is 2.06. The Balaban J connectivity index is 1.81. The molecule has 0 aliphatic heterocycles. The molecule has 0 radical (unpaired) electrons. The summed E-state index contributed by atoms with van der Waals surface area (Å²) in [5.41, 5.74) is 3.48. The number of nitrogens with zero attached hydrogens (tertiary/aromatic N) is 1. The molecule has 104 valence electrons. The highest BCUT2D eigenvalue weighted by molar-refractivity contribution is 5.81. The molecule has 0 spiro atoms. The monoisotopic (exact) mass is 275 g/mol. The summed E-state index contributed by atoms with van der Waals surface area (Å²) in [5, 5.41) is 1.17. The van der Waals surface area contributed by atoms with Crippen LogP contribution in [0.2, 0.25) is 0 Å². The molecular formula is C19H17NO. The van der Waals surface area contributed by atoms with E-state index in [0.717, 1.165) is 11.3 Å². The van der Waals surface area contributed by atoms with Crippen molar-refractivity contribution >= 4 is 10.9 Å². The van der Waals surface area contributed by atoms with Gasteiger partial charge in [-0.25, -0.2) is 0 Å². The lowest BCUT2D eigenvalue weighted by atomic mass is 10.1. The topological polar surface area (TPSA) is 14.2 Å². The van der Waals surface area contributed by atoms with Gasteiger partial charge in [0, 0.05) is 22.7 Å². The number of hydrogen-bond acceptors (Lipinski definition) is 1. The largest absolute Gasteiger partial charge is 0.497 e. The second-order valence-electron chi connectivity index (χ2n) is 5.04. The Morgan fingerprint density at radius 1 is 1.05 bits per heavy atom. The van der Waals surface area contributed by atoms with E-state index in [-0.39, 0.29) is 0 Å². The minimum Gasteiger partial charge on any atom is -0.497 e. The molecule has 0 aliphatic rings. The molecule has 0 bridgehead atoms. The fraction of sp³-hybridized carbons (Fsp3) is 0.158. The normalized spacial score (nSPS) is 10.2. The maximum absolute atomic E-state index is 5.24. The quantitative estimate of drug-likeness (QED) is 0.645. The third kappa shape index (κ3) is 2.93. The molecular weight excluding hydrogens is 258 g/mol. The number of aromatic nitrogens is 1. The average Bonchev–Trinajstić information content (AvgIpc) is 2.91. The van der Waals surface area contributed by atoms with Crippen LogP contribution in [-0.4, -0.2) is 11.7 Å². The highest BCUT2D eigenvalue weighted by Crippen LogP contribution is 2.21. The smallest absolute Gasteiger partial charge is 0.119 e. The number of benzene rings is 2. The van der Waals surface area contributed by atoms with Gasteiger partial charge in [0.05, 0.1) is 13.7 Å². The van der Waals surface area contributed by atoms with E-state index in [1.807, 2.05) is 12.1 Å². The van der Waals surface area contributed by atoms with E-state index < -0.39 is 0 Å². The fourth-order valence-corrected chi connectivity index (χ4v) is 2.31. The van der Waals surface area contributed by atoms with Crippen molar-refractivity contribution in [3.63, 3.8) is 0 Å². The molecule has 2 heteroatoms. The second-order valence-corrected chi connectivity index (χ2v) is 5.04. The van der Waals surface area contributed by atoms with Crippen LogP contribution in [0.5, 0.6) is 5.75 Å². The fourth-order valence-electron chi connectivity index (χ4n) is 2.31. The SMILES string of the molecule is COc1ccc2c(ccn2CC#Cc2ccc(C)cc2)c1. The van der Waals surface area contributed by atoms with Crippen LogP contribution >= 0.6 is 0 Å². The Kier molecular flexibility index (Phi) is 3.66. The van der Waals surface area contributed by atoms with Gasteiger partial charge in [-0.3, -0.25) is 0 Å². The van der Waals surface area contributed by atoms with Gasteiger partial charge in [0.1, 0.15) is 5.75 Å². The van der Waals surface area contributed by atoms with Crippen LogP contribution < -0.4 is 4.74 Å². The van der Waals surface area contributed by atoms with Crippen molar-refractivity contribution in [2.45, 2.75) is 13.5 Å². The van der Waals surface area contributed by atoms with Crippen molar-refractivity contribution in [1.29, 1.82) is 0 Å². The molecule has 21 heavy (non-hydrogen) atoms. The van der Waals surface area contributed by atoms with Gasteiger partial charge in [0.2, 0.25) is 0 Å². The van der Waals surface area contributed by atoms with Gasteiger partial charge in [-0.2, -0.15) is 0 Å². The first-order valence-electron chi connectivity index (χ1n) is 6.95. The van der Waals surface area contributed by atoms with E-state index in [2.05, 4.69) is 65.9 Å². The summed E-state index contributed by atoms with van der Waals surface area (Å²) in [7, 11) is 1.69. The summed E-state index contributed by atoms with van der Waals surface area (Å²) in [6, 6.07) is 16.5. The highest BCUT2D eigenvalue weighted by Gasteiger charge is 2.01. The second kappa shape index (κ2) is 5.76. The number of rotatable bonds is 2. The van der Waals surface area contributed by atoms with E-state index in [1.165, 1.54) is 16.5 Å². The Hall–Kier alpha value is -2.66. The Morgan fingerprint density at radius 2 is 1.86 bits per heavy atom. The summed E-state index contributed by atoms with van der Waals surface area (Å²) < 4.78 is 7.39. The van der Waals surface area contributed by atoms with Crippen molar-refractivity contribution in [2.24, 2.45) is 0 Å². The summed E-state index contributed by atoms with van der Waals surface area (Å²) >= 11 is 0. The lowest BCUT2D eigenvalue weighted by Crippen LogP contribution is -1.93. The van der Waals surface area contributed by atoms with Crippen LogP contribution in [0.3, 0.4) is 0 Å². The molecule has 3 rings (SSSR count). The molecule has 0 saturated heterocycles. The van der Waals surface area contributed by atoms with E-state index in [4.69, 9.17) is 4.74 Å². The Morgan fingerprint density at radius 3 is 2.62 bits per heavy atom. The standard InChI is InChI=1S/C19H17NO/c1-15-5-7-16(8-6-15)4-3-12-20-13-11-17-14-18(21-2)9-10-19(17)20/h5-11,13-14H,12H2,1-2H3.